The molecule has 0 bridgehead atoms. The molecule has 1 unspecified atom stereocenters. The fourth-order valence-electron chi connectivity index (χ4n) is 0.675. The van der Waals surface area contributed by atoms with Crippen molar-refractivity contribution in [3.8, 4) is 0 Å². The summed E-state index contributed by atoms with van der Waals surface area (Å²) in [5.41, 5.74) is -0.423. The molecule has 70 valence electrons. The van der Waals surface area contributed by atoms with Gasteiger partial charge in [0.1, 0.15) is 5.60 Å². The predicted molar refractivity (Wildman–Crippen MR) is 48.4 cm³/mol. The summed E-state index contributed by atoms with van der Waals surface area (Å²) in [6.45, 7) is 7.27. The molecule has 0 rings (SSSR count). The van der Waals surface area contributed by atoms with E-state index in [-0.39, 0.29) is 11.9 Å². The van der Waals surface area contributed by atoms with Gasteiger partial charge in [-0.25, -0.2) is 0 Å². The molecule has 1 N–H and O–H groups in total. The second-order valence-electron chi connectivity index (χ2n) is 3.87. The van der Waals surface area contributed by atoms with Crippen LogP contribution in [0.5, 0.6) is 0 Å². The lowest BCUT2D eigenvalue weighted by atomic mass is 10.1. The van der Waals surface area contributed by atoms with Crippen LogP contribution in [0.2, 0.25) is 0 Å². The number of rotatable bonds is 3. The van der Waals surface area contributed by atoms with E-state index < -0.39 is 5.60 Å². The van der Waals surface area contributed by atoms with Gasteiger partial charge in [-0.1, -0.05) is 6.92 Å². The number of hydrogen-bond acceptors (Lipinski definition) is 3. The van der Waals surface area contributed by atoms with E-state index >= 15 is 0 Å². The van der Waals surface area contributed by atoms with Gasteiger partial charge in [-0.05, 0) is 33.4 Å². The highest BCUT2D eigenvalue weighted by atomic mass is 16.6. The van der Waals surface area contributed by atoms with Crippen LogP contribution < -0.4 is 0 Å². The van der Waals surface area contributed by atoms with Crippen molar-refractivity contribution in [2.75, 3.05) is 0 Å². The Morgan fingerprint density at radius 3 is 2.42 bits per heavy atom. The summed E-state index contributed by atoms with van der Waals surface area (Å²) in [6.07, 6.45) is 1.68. The smallest absolute Gasteiger partial charge is 0.309 e. The summed E-state index contributed by atoms with van der Waals surface area (Å²) in [7, 11) is 0. The third kappa shape index (κ3) is 4.88. The topological polar surface area (TPSA) is 50.2 Å². The van der Waals surface area contributed by atoms with Crippen LogP contribution in [0.3, 0.4) is 0 Å². The van der Waals surface area contributed by atoms with E-state index in [1.165, 1.54) is 6.21 Å². The fourth-order valence-corrected chi connectivity index (χ4v) is 0.675. The van der Waals surface area contributed by atoms with Gasteiger partial charge < -0.3 is 10.1 Å². The Bertz CT molecular complexity index is 170. The molecule has 0 saturated heterocycles. The molecule has 0 aliphatic carbocycles. The van der Waals surface area contributed by atoms with E-state index in [2.05, 4.69) is 0 Å². The van der Waals surface area contributed by atoms with Crippen molar-refractivity contribution >= 4 is 12.2 Å². The average Bonchev–Trinajstić information content (AvgIpc) is 1.84. The van der Waals surface area contributed by atoms with Crippen molar-refractivity contribution in [1.29, 1.82) is 5.41 Å². The highest BCUT2D eigenvalue weighted by Crippen LogP contribution is 2.12. The molecule has 1 atom stereocenters. The first-order chi connectivity index (χ1) is 5.37. The molecule has 0 fully saturated rings. The molecule has 0 heterocycles. The fraction of sp³-hybridized carbons (Fsp3) is 0.778. The lowest BCUT2D eigenvalue weighted by Crippen LogP contribution is -2.27. The number of ether oxygens (including phenoxy) is 1. The van der Waals surface area contributed by atoms with Crippen LogP contribution in [0.1, 0.15) is 34.1 Å². The van der Waals surface area contributed by atoms with Crippen LogP contribution in [-0.4, -0.2) is 17.8 Å². The molecule has 12 heavy (non-hydrogen) atoms. The molecule has 3 nitrogen and oxygen atoms in total. The number of esters is 1. The van der Waals surface area contributed by atoms with E-state index in [4.69, 9.17) is 10.1 Å². The van der Waals surface area contributed by atoms with E-state index in [0.29, 0.717) is 6.42 Å². The van der Waals surface area contributed by atoms with E-state index in [0.717, 1.165) is 0 Å². The van der Waals surface area contributed by atoms with Crippen LogP contribution >= 0.6 is 0 Å². The Morgan fingerprint density at radius 1 is 1.58 bits per heavy atom. The molecule has 0 aliphatic heterocycles. The zero-order valence-corrected chi connectivity index (χ0v) is 8.18. The molecule has 0 aromatic heterocycles. The van der Waals surface area contributed by atoms with Crippen molar-refractivity contribution in [3.63, 3.8) is 0 Å². The zero-order chi connectivity index (χ0) is 9.78. The minimum Gasteiger partial charge on any atom is -0.460 e. The predicted octanol–water partition coefficient (Wildman–Crippen LogP) is 2.00. The summed E-state index contributed by atoms with van der Waals surface area (Å²) in [6, 6.07) is 0. The van der Waals surface area contributed by atoms with Gasteiger partial charge >= 0.3 is 5.97 Å². The maximum Gasteiger partial charge on any atom is 0.309 e. The number of carbonyl (C=O) groups excluding carboxylic acids is 1. The minimum atomic E-state index is -0.423. The summed E-state index contributed by atoms with van der Waals surface area (Å²) < 4.78 is 5.11. The summed E-state index contributed by atoms with van der Waals surface area (Å²) >= 11 is 0. The average molecular weight is 171 g/mol. The van der Waals surface area contributed by atoms with Gasteiger partial charge in [0.05, 0.1) is 5.92 Å². The summed E-state index contributed by atoms with van der Waals surface area (Å²) in [5.74, 6) is -0.437. The number of carbonyl (C=O) groups is 1. The molecule has 0 aromatic rings. The molecule has 0 aliphatic rings. The van der Waals surface area contributed by atoms with Crippen molar-refractivity contribution in [3.05, 3.63) is 0 Å². The zero-order valence-electron chi connectivity index (χ0n) is 8.18. The van der Waals surface area contributed by atoms with Gasteiger partial charge in [-0.15, -0.1) is 0 Å². The third-order valence-corrected chi connectivity index (χ3v) is 1.28. The first-order valence-corrected chi connectivity index (χ1v) is 4.08. The molecule has 0 spiro atoms. The maximum absolute atomic E-state index is 11.2. The van der Waals surface area contributed by atoms with Gasteiger partial charge in [0.15, 0.2) is 0 Å². The van der Waals surface area contributed by atoms with Crippen molar-refractivity contribution in [1.82, 2.24) is 0 Å². The van der Waals surface area contributed by atoms with E-state index in [1.54, 1.807) is 6.92 Å². The molecular formula is C9H17NO2. The summed E-state index contributed by atoms with van der Waals surface area (Å²) in [5, 5.41) is 6.82. The van der Waals surface area contributed by atoms with Crippen LogP contribution in [0.4, 0.5) is 0 Å². The normalized spacial score (nSPS) is 13.7. The van der Waals surface area contributed by atoms with Crippen molar-refractivity contribution in [2.45, 2.75) is 39.7 Å². The van der Waals surface area contributed by atoms with Gasteiger partial charge in [0, 0.05) is 0 Å². The molecule has 0 aromatic carbocycles. The van der Waals surface area contributed by atoms with E-state index in [9.17, 15) is 4.79 Å². The summed E-state index contributed by atoms with van der Waals surface area (Å²) in [4.78, 5) is 11.2. The van der Waals surface area contributed by atoms with Crippen LogP contribution in [0.15, 0.2) is 0 Å². The Labute approximate surface area is 73.6 Å². The first kappa shape index (κ1) is 11.1. The number of nitrogens with one attached hydrogen (secondary N) is 1. The monoisotopic (exact) mass is 171 g/mol. The Hall–Kier alpha value is -0.860. The second-order valence-corrected chi connectivity index (χ2v) is 3.87. The van der Waals surface area contributed by atoms with Gasteiger partial charge in [0.25, 0.3) is 0 Å². The SMILES string of the molecule is CC(CC=N)C(=O)OC(C)(C)C. The second kappa shape index (κ2) is 4.24. The third-order valence-electron chi connectivity index (χ3n) is 1.28. The standard InChI is InChI=1S/C9H17NO2/c1-7(5-6-10)8(11)12-9(2,3)4/h6-7,10H,5H2,1-4H3. The lowest BCUT2D eigenvalue weighted by Gasteiger charge is -2.21. The molecule has 0 amide bonds. The maximum atomic E-state index is 11.2. The van der Waals surface area contributed by atoms with Crippen LogP contribution in [0, 0.1) is 11.3 Å². The van der Waals surface area contributed by atoms with E-state index in [1.807, 2.05) is 20.8 Å². The minimum absolute atomic E-state index is 0.207. The first-order valence-electron chi connectivity index (χ1n) is 4.08. The molecule has 3 heteroatoms. The van der Waals surface area contributed by atoms with Crippen LogP contribution in [-0.2, 0) is 9.53 Å². The quantitative estimate of drug-likeness (QED) is 0.521. The van der Waals surface area contributed by atoms with Gasteiger partial charge in [-0.3, -0.25) is 4.79 Å². The highest BCUT2D eigenvalue weighted by Gasteiger charge is 2.20. The molecule has 0 saturated carbocycles. The Morgan fingerprint density at radius 2 is 2.08 bits per heavy atom. The Balaban J connectivity index is 3.95. The lowest BCUT2D eigenvalue weighted by molar-refractivity contribution is -0.159. The highest BCUT2D eigenvalue weighted by molar-refractivity contribution is 5.75. The molecule has 0 radical (unpaired) electrons. The number of hydrogen-bond donors (Lipinski definition) is 1. The largest absolute Gasteiger partial charge is 0.460 e. The Kier molecular flexibility index (Phi) is 3.93. The van der Waals surface area contributed by atoms with Gasteiger partial charge in [-0.2, -0.15) is 0 Å². The van der Waals surface area contributed by atoms with Crippen molar-refractivity contribution in [2.24, 2.45) is 5.92 Å². The molecular weight excluding hydrogens is 154 g/mol. The van der Waals surface area contributed by atoms with Gasteiger partial charge in [0.2, 0.25) is 0 Å². The van der Waals surface area contributed by atoms with Crippen molar-refractivity contribution < 1.29 is 9.53 Å². The van der Waals surface area contributed by atoms with Crippen LogP contribution in [0.25, 0.3) is 0 Å².